The molecule has 0 fully saturated rings. The minimum atomic E-state index is -0.261. The summed E-state index contributed by atoms with van der Waals surface area (Å²) in [6, 6.07) is 13.7. The van der Waals surface area contributed by atoms with Gasteiger partial charge in [0.15, 0.2) is 0 Å². The summed E-state index contributed by atoms with van der Waals surface area (Å²) in [5, 5.41) is 12.4. The van der Waals surface area contributed by atoms with Crippen LogP contribution in [0.2, 0.25) is 0 Å². The number of aromatic hydroxyl groups is 1. The molecule has 0 aliphatic heterocycles. The van der Waals surface area contributed by atoms with Crippen molar-refractivity contribution >= 4 is 11.6 Å². The summed E-state index contributed by atoms with van der Waals surface area (Å²) in [7, 11) is 0. The van der Waals surface area contributed by atoms with Gasteiger partial charge in [-0.1, -0.05) is 44.7 Å². The van der Waals surface area contributed by atoms with Crippen molar-refractivity contribution in [2.75, 3.05) is 11.9 Å². The zero-order valence-corrected chi connectivity index (χ0v) is 14.1. The number of amides is 1. The van der Waals surface area contributed by atoms with Gasteiger partial charge in [0, 0.05) is 5.56 Å². The molecule has 2 aromatic rings. The highest BCUT2D eigenvalue weighted by Crippen LogP contribution is 2.22. The van der Waals surface area contributed by atoms with Gasteiger partial charge in [-0.2, -0.15) is 0 Å². The Bertz CT molecular complexity index is 638. The van der Waals surface area contributed by atoms with Crippen LogP contribution in [0.25, 0.3) is 0 Å². The van der Waals surface area contributed by atoms with Crippen LogP contribution >= 0.6 is 0 Å². The van der Waals surface area contributed by atoms with Crippen LogP contribution in [0, 0.1) is 0 Å². The van der Waals surface area contributed by atoms with E-state index in [1.807, 2.05) is 0 Å². The molecule has 4 heteroatoms. The molecule has 128 valence electrons. The van der Waals surface area contributed by atoms with E-state index in [0.717, 1.165) is 12.2 Å². The third kappa shape index (κ3) is 5.61. The van der Waals surface area contributed by atoms with E-state index in [0.29, 0.717) is 17.9 Å². The first-order valence-corrected chi connectivity index (χ1v) is 8.53. The van der Waals surface area contributed by atoms with Gasteiger partial charge in [-0.05, 0) is 42.8 Å². The van der Waals surface area contributed by atoms with Gasteiger partial charge < -0.3 is 15.2 Å². The number of phenolic OH excluding ortho intramolecular Hbond substituents is 1. The van der Waals surface area contributed by atoms with Crippen LogP contribution in [0.3, 0.4) is 0 Å². The maximum absolute atomic E-state index is 12.2. The number of anilines is 1. The molecular formula is C20H25NO3. The second-order valence-electron chi connectivity index (χ2n) is 5.76. The van der Waals surface area contributed by atoms with Gasteiger partial charge in [0.1, 0.15) is 11.5 Å². The average molecular weight is 327 g/mol. The summed E-state index contributed by atoms with van der Waals surface area (Å²) in [5.41, 5.74) is 0.920. The maximum atomic E-state index is 12.2. The lowest BCUT2D eigenvalue weighted by Gasteiger charge is -2.09. The summed E-state index contributed by atoms with van der Waals surface area (Å²) in [5.74, 6) is 0.557. The minimum Gasteiger partial charge on any atom is -0.506 e. The Hall–Kier alpha value is -2.49. The molecule has 0 spiro atoms. The number of para-hydroxylation sites is 2. The zero-order valence-electron chi connectivity index (χ0n) is 14.1. The highest BCUT2D eigenvalue weighted by molar-refractivity contribution is 6.05. The number of nitrogens with one attached hydrogen (secondary N) is 1. The van der Waals surface area contributed by atoms with Crippen molar-refractivity contribution in [1.82, 2.24) is 0 Å². The van der Waals surface area contributed by atoms with Gasteiger partial charge in [-0.15, -0.1) is 0 Å². The Morgan fingerprint density at radius 3 is 2.42 bits per heavy atom. The first-order chi connectivity index (χ1) is 11.7. The molecule has 0 bridgehead atoms. The van der Waals surface area contributed by atoms with Crippen molar-refractivity contribution in [3.8, 4) is 11.5 Å². The van der Waals surface area contributed by atoms with E-state index < -0.39 is 0 Å². The SMILES string of the molecule is CCCCCCCOc1ccc(C(=O)Nc2ccccc2O)cc1. The lowest BCUT2D eigenvalue weighted by molar-refractivity contribution is 0.102. The van der Waals surface area contributed by atoms with Crippen LogP contribution in [-0.2, 0) is 0 Å². The van der Waals surface area contributed by atoms with Gasteiger partial charge in [-0.3, -0.25) is 4.79 Å². The fourth-order valence-electron chi connectivity index (χ4n) is 2.37. The Morgan fingerprint density at radius 2 is 1.71 bits per heavy atom. The van der Waals surface area contributed by atoms with Crippen LogP contribution < -0.4 is 10.1 Å². The molecular weight excluding hydrogens is 302 g/mol. The van der Waals surface area contributed by atoms with Gasteiger partial charge >= 0.3 is 0 Å². The highest BCUT2D eigenvalue weighted by Gasteiger charge is 2.08. The molecule has 1 amide bonds. The highest BCUT2D eigenvalue weighted by atomic mass is 16.5. The van der Waals surface area contributed by atoms with Gasteiger partial charge in [-0.25, -0.2) is 0 Å². The molecule has 0 unspecified atom stereocenters. The van der Waals surface area contributed by atoms with E-state index >= 15 is 0 Å². The van der Waals surface area contributed by atoms with Crippen molar-refractivity contribution in [1.29, 1.82) is 0 Å². The largest absolute Gasteiger partial charge is 0.506 e. The molecule has 24 heavy (non-hydrogen) atoms. The van der Waals surface area contributed by atoms with Crippen molar-refractivity contribution in [3.63, 3.8) is 0 Å². The molecule has 4 nitrogen and oxygen atoms in total. The summed E-state index contributed by atoms with van der Waals surface area (Å²) in [6.07, 6.45) is 6.02. The Morgan fingerprint density at radius 1 is 1.00 bits per heavy atom. The number of rotatable bonds is 9. The summed E-state index contributed by atoms with van der Waals surface area (Å²) < 4.78 is 5.69. The van der Waals surface area contributed by atoms with E-state index in [-0.39, 0.29) is 11.7 Å². The van der Waals surface area contributed by atoms with E-state index in [9.17, 15) is 9.90 Å². The third-order valence-corrected chi connectivity index (χ3v) is 3.79. The molecule has 0 aliphatic rings. The van der Waals surface area contributed by atoms with Crippen molar-refractivity contribution in [2.24, 2.45) is 0 Å². The molecule has 0 saturated heterocycles. The van der Waals surface area contributed by atoms with Gasteiger partial charge in [0.05, 0.1) is 12.3 Å². The topological polar surface area (TPSA) is 58.6 Å². The van der Waals surface area contributed by atoms with E-state index in [2.05, 4.69) is 12.2 Å². The van der Waals surface area contributed by atoms with Gasteiger partial charge in [0.2, 0.25) is 0 Å². The number of carbonyl (C=O) groups is 1. The maximum Gasteiger partial charge on any atom is 0.255 e. The standard InChI is InChI=1S/C20H25NO3/c1-2-3-4-5-8-15-24-17-13-11-16(12-14-17)20(23)21-18-9-6-7-10-19(18)22/h6-7,9-14,22H,2-5,8,15H2,1H3,(H,21,23). The van der Waals surface area contributed by atoms with E-state index in [1.54, 1.807) is 42.5 Å². The first kappa shape index (κ1) is 17.9. The summed E-state index contributed by atoms with van der Waals surface area (Å²) >= 11 is 0. The number of hydrogen-bond acceptors (Lipinski definition) is 3. The lowest BCUT2D eigenvalue weighted by atomic mass is 10.1. The number of hydrogen-bond donors (Lipinski definition) is 2. The minimum absolute atomic E-state index is 0.0499. The van der Waals surface area contributed by atoms with E-state index in [1.165, 1.54) is 31.7 Å². The van der Waals surface area contributed by atoms with E-state index in [4.69, 9.17) is 4.74 Å². The van der Waals surface area contributed by atoms with Crippen LogP contribution in [-0.4, -0.2) is 17.6 Å². The number of ether oxygens (including phenoxy) is 1. The molecule has 0 saturated carbocycles. The normalized spacial score (nSPS) is 10.4. The quantitative estimate of drug-likeness (QED) is 0.503. The first-order valence-electron chi connectivity index (χ1n) is 8.53. The Balaban J connectivity index is 1.81. The molecule has 2 rings (SSSR count). The Labute approximate surface area is 143 Å². The van der Waals surface area contributed by atoms with Crippen molar-refractivity contribution < 1.29 is 14.6 Å². The van der Waals surface area contributed by atoms with Crippen molar-refractivity contribution in [3.05, 3.63) is 54.1 Å². The predicted molar refractivity (Wildman–Crippen MR) is 96.8 cm³/mol. The molecule has 2 N–H and O–H groups in total. The molecule has 0 aromatic heterocycles. The molecule has 0 aliphatic carbocycles. The molecule has 0 atom stereocenters. The van der Waals surface area contributed by atoms with Crippen LogP contribution in [0.1, 0.15) is 49.4 Å². The fourth-order valence-corrected chi connectivity index (χ4v) is 2.37. The molecule has 0 radical (unpaired) electrons. The second kappa shape index (κ2) is 9.60. The van der Waals surface area contributed by atoms with Gasteiger partial charge in [0.25, 0.3) is 5.91 Å². The predicted octanol–water partition coefficient (Wildman–Crippen LogP) is 4.99. The van der Waals surface area contributed by atoms with Crippen LogP contribution in [0.4, 0.5) is 5.69 Å². The van der Waals surface area contributed by atoms with Crippen LogP contribution in [0.5, 0.6) is 11.5 Å². The lowest BCUT2D eigenvalue weighted by Crippen LogP contribution is -2.11. The number of unbranched alkanes of at least 4 members (excludes halogenated alkanes) is 4. The number of phenols is 1. The Kier molecular flexibility index (Phi) is 7.15. The summed E-state index contributed by atoms with van der Waals surface area (Å²) in [4.78, 5) is 12.2. The average Bonchev–Trinajstić information content (AvgIpc) is 2.60. The van der Waals surface area contributed by atoms with Crippen molar-refractivity contribution in [2.45, 2.75) is 39.0 Å². The smallest absolute Gasteiger partial charge is 0.255 e. The number of benzene rings is 2. The molecule has 0 heterocycles. The summed E-state index contributed by atoms with van der Waals surface area (Å²) in [6.45, 7) is 2.90. The monoisotopic (exact) mass is 327 g/mol. The third-order valence-electron chi connectivity index (χ3n) is 3.79. The number of carbonyl (C=O) groups excluding carboxylic acids is 1. The second-order valence-corrected chi connectivity index (χ2v) is 5.76. The molecule has 2 aromatic carbocycles. The van der Waals surface area contributed by atoms with Crippen LogP contribution in [0.15, 0.2) is 48.5 Å². The fraction of sp³-hybridized carbons (Fsp3) is 0.350. The zero-order chi connectivity index (χ0) is 17.2.